The molecule has 0 radical (unpaired) electrons. The second kappa shape index (κ2) is 8.60. The Hall–Kier alpha value is -2.70. The Balaban J connectivity index is 1.99. The van der Waals surface area contributed by atoms with E-state index >= 15 is 0 Å². The summed E-state index contributed by atoms with van der Waals surface area (Å²) < 4.78 is 7.06. The first-order chi connectivity index (χ1) is 12.3. The van der Waals surface area contributed by atoms with Gasteiger partial charge in [-0.05, 0) is 52.3 Å². The van der Waals surface area contributed by atoms with Crippen molar-refractivity contribution in [1.29, 1.82) is 0 Å². The van der Waals surface area contributed by atoms with E-state index in [1.807, 2.05) is 39.8 Å². The van der Waals surface area contributed by atoms with Crippen molar-refractivity contribution in [2.45, 2.75) is 59.4 Å². The quantitative estimate of drug-likeness (QED) is 0.711. The van der Waals surface area contributed by atoms with Crippen molar-refractivity contribution in [2.75, 3.05) is 0 Å². The standard InChI is InChI=1S/C19H26N4O3/c1-13(2)23(14(3)4)18(24)15(5)26-19(25)17-8-6-16(7-9-17)10-22-12-20-11-21-22/h6-9,11-15H,10H2,1-5H3. The zero-order chi connectivity index (χ0) is 19.3. The summed E-state index contributed by atoms with van der Waals surface area (Å²) in [5.41, 5.74) is 1.40. The van der Waals surface area contributed by atoms with E-state index in [1.165, 1.54) is 6.33 Å². The minimum Gasteiger partial charge on any atom is -0.449 e. The fraction of sp³-hybridized carbons (Fsp3) is 0.474. The fourth-order valence-corrected chi connectivity index (χ4v) is 2.84. The fourth-order valence-electron chi connectivity index (χ4n) is 2.84. The molecule has 1 amide bonds. The molecule has 2 aromatic rings. The number of nitrogens with zero attached hydrogens (tertiary/aromatic N) is 4. The maximum Gasteiger partial charge on any atom is 0.338 e. The van der Waals surface area contributed by atoms with E-state index in [9.17, 15) is 9.59 Å². The van der Waals surface area contributed by atoms with E-state index in [0.29, 0.717) is 12.1 Å². The van der Waals surface area contributed by atoms with Crippen molar-refractivity contribution in [2.24, 2.45) is 0 Å². The summed E-state index contributed by atoms with van der Waals surface area (Å²) >= 11 is 0. The summed E-state index contributed by atoms with van der Waals surface area (Å²) in [6.45, 7) is 9.96. The van der Waals surface area contributed by atoms with Crippen LogP contribution in [-0.2, 0) is 16.1 Å². The van der Waals surface area contributed by atoms with Gasteiger partial charge in [-0.1, -0.05) is 12.1 Å². The Kier molecular flexibility index (Phi) is 6.49. The number of esters is 1. The van der Waals surface area contributed by atoms with E-state index in [2.05, 4.69) is 10.1 Å². The maximum absolute atomic E-state index is 12.6. The third kappa shape index (κ3) is 4.91. The monoisotopic (exact) mass is 358 g/mol. The Morgan fingerprint density at radius 3 is 2.19 bits per heavy atom. The van der Waals surface area contributed by atoms with Crippen LogP contribution >= 0.6 is 0 Å². The van der Waals surface area contributed by atoms with Crippen LogP contribution in [0.15, 0.2) is 36.9 Å². The number of ether oxygens (including phenoxy) is 1. The Bertz CT molecular complexity index is 716. The third-order valence-corrected chi connectivity index (χ3v) is 4.00. The second-order valence-corrected chi connectivity index (χ2v) is 6.77. The number of hydrogen-bond acceptors (Lipinski definition) is 5. The molecule has 1 heterocycles. The van der Waals surface area contributed by atoms with Gasteiger partial charge in [0, 0.05) is 12.1 Å². The Labute approximate surface area is 154 Å². The minimum absolute atomic E-state index is 0.0414. The van der Waals surface area contributed by atoms with Crippen LogP contribution in [0.3, 0.4) is 0 Å². The highest BCUT2D eigenvalue weighted by Gasteiger charge is 2.27. The average molecular weight is 358 g/mol. The largest absolute Gasteiger partial charge is 0.449 e. The van der Waals surface area contributed by atoms with Gasteiger partial charge in [-0.3, -0.25) is 4.79 Å². The Morgan fingerprint density at radius 2 is 1.69 bits per heavy atom. The lowest BCUT2D eigenvalue weighted by Crippen LogP contribution is -2.47. The molecule has 1 unspecified atom stereocenters. The van der Waals surface area contributed by atoms with Gasteiger partial charge >= 0.3 is 5.97 Å². The molecule has 0 fully saturated rings. The first-order valence-corrected chi connectivity index (χ1v) is 8.74. The summed E-state index contributed by atoms with van der Waals surface area (Å²) in [7, 11) is 0. The summed E-state index contributed by atoms with van der Waals surface area (Å²) in [5.74, 6) is -0.697. The highest BCUT2D eigenvalue weighted by atomic mass is 16.5. The predicted octanol–water partition coefficient (Wildman–Crippen LogP) is 2.52. The van der Waals surface area contributed by atoms with Gasteiger partial charge in [-0.25, -0.2) is 14.5 Å². The molecule has 0 spiro atoms. The Morgan fingerprint density at radius 1 is 1.08 bits per heavy atom. The van der Waals surface area contributed by atoms with Crippen molar-refractivity contribution in [3.8, 4) is 0 Å². The number of benzene rings is 1. The van der Waals surface area contributed by atoms with Crippen molar-refractivity contribution < 1.29 is 14.3 Å². The van der Waals surface area contributed by atoms with Gasteiger partial charge in [-0.15, -0.1) is 0 Å². The van der Waals surface area contributed by atoms with Crippen LogP contribution in [0.4, 0.5) is 0 Å². The first-order valence-electron chi connectivity index (χ1n) is 8.74. The average Bonchev–Trinajstić information content (AvgIpc) is 3.07. The minimum atomic E-state index is -0.831. The smallest absolute Gasteiger partial charge is 0.338 e. The number of carbonyl (C=O) groups excluding carboxylic acids is 2. The van der Waals surface area contributed by atoms with E-state index in [4.69, 9.17) is 4.74 Å². The van der Waals surface area contributed by atoms with Crippen molar-refractivity contribution >= 4 is 11.9 Å². The lowest BCUT2D eigenvalue weighted by Gasteiger charge is -2.32. The van der Waals surface area contributed by atoms with Crippen LogP contribution in [0.25, 0.3) is 0 Å². The number of carbonyl (C=O) groups is 2. The molecule has 26 heavy (non-hydrogen) atoms. The van der Waals surface area contributed by atoms with Crippen molar-refractivity contribution in [3.63, 3.8) is 0 Å². The van der Waals surface area contributed by atoms with Crippen molar-refractivity contribution in [3.05, 3.63) is 48.0 Å². The summed E-state index contributed by atoms with van der Waals surface area (Å²) in [6.07, 6.45) is 2.27. The van der Waals surface area contributed by atoms with Crippen LogP contribution in [-0.4, -0.2) is 49.7 Å². The molecule has 0 bridgehead atoms. The molecule has 0 aliphatic carbocycles. The molecule has 7 nitrogen and oxygen atoms in total. The van der Waals surface area contributed by atoms with E-state index in [1.54, 1.807) is 35.0 Å². The molecule has 140 valence electrons. The van der Waals surface area contributed by atoms with Gasteiger partial charge in [-0.2, -0.15) is 5.10 Å². The van der Waals surface area contributed by atoms with Gasteiger partial charge < -0.3 is 9.64 Å². The van der Waals surface area contributed by atoms with Gasteiger partial charge in [0.15, 0.2) is 6.10 Å². The lowest BCUT2D eigenvalue weighted by molar-refractivity contribution is -0.143. The molecule has 0 saturated carbocycles. The highest BCUT2D eigenvalue weighted by molar-refractivity contribution is 5.92. The molecule has 0 N–H and O–H groups in total. The van der Waals surface area contributed by atoms with Gasteiger partial charge in [0.25, 0.3) is 5.91 Å². The number of aromatic nitrogens is 3. The highest BCUT2D eigenvalue weighted by Crippen LogP contribution is 2.12. The van der Waals surface area contributed by atoms with Crippen LogP contribution in [0, 0.1) is 0 Å². The van der Waals surface area contributed by atoms with Crippen LogP contribution < -0.4 is 0 Å². The summed E-state index contributed by atoms with van der Waals surface area (Å²) in [6, 6.07) is 7.13. The zero-order valence-electron chi connectivity index (χ0n) is 15.9. The number of amides is 1. The molecular formula is C19H26N4O3. The topological polar surface area (TPSA) is 77.3 Å². The molecule has 0 aliphatic rings. The molecule has 1 aromatic heterocycles. The number of rotatable bonds is 7. The second-order valence-electron chi connectivity index (χ2n) is 6.77. The molecule has 1 aromatic carbocycles. The molecule has 1 atom stereocenters. The van der Waals surface area contributed by atoms with Crippen LogP contribution in [0.5, 0.6) is 0 Å². The van der Waals surface area contributed by atoms with Gasteiger partial charge in [0.1, 0.15) is 12.7 Å². The molecule has 7 heteroatoms. The van der Waals surface area contributed by atoms with Crippen LogP contribution in [0.1, 0.15) is 50.5 Å². The van der Waals surface area contributed by atoms with Gasteiger partial charge in [0.05, 0.1) is 12.1 Å². The third-order valence-electron chi connectivity index (χ3n) is 4.00. The molecular weight excluding hydrogens is 332 g/mol. The molecule has 0 aliphatic heterocycles. The lowest BCUT2D eigenvalue weighted by atomic mass is 10.1. The van der Waals surface area contributed by atoms with Crippen LogP contribution in [0.2, 0.25) is 0 Å². The zero-order valence-corrected chi connectivity index (χ0v) is 15.9. The first kappa shape index (κ1) is 19.6. The van der Waals surface area contributed by atoms with E-state index < -0.39 is 12.1 Å². The molecule has 2 rings (SSSR count). The molecule has 0 saturated heterocycles. The van der Waals surface area contributed by atoms with E-state index in [-0.39, 0.29) is 18.0 Å². The normalized spacial score (nSPS) is 12.3. The SMILES string of the molecule is CC(OC(=O)c1ccc(Cn2cncn2)cc1)C(=O)N(C(C)C)C(C)C. The summed E-state index contributed by atoms with van der Waals surface area (Å²) in [4.78, 5) is 30.5. The predicted molar refractivity (Wildman–Crippen MR) is 97.6 cm³/mol. The van der Waals surface area contributed by atoms with E-state index in [0.717, 1.165) is 5.56 Å². The summed E-state index contributed by atoms with van der Waals surface area (Å²) in [5, 5.41) is 4.04. The van der Waals surface area contributed by atoms with Crippen molar-refractivity contribution in [1.82, 2.24) is 19.7 Å². The number of hydrogen-bond donors (Lipinski definition) is 0. The van der Waals surface area contributed by atoms with Gasteiger partial charge in [0.2, 0.25) is 0 Å². The maximum atomic E-state index is 12.6.